The molecule has 1 rings (SSSR count). The minimum absolute atomic E-state index is 0.237. The Bertz CT molecular complexity index is 365. The molecule has 0 aliphatic carbocycles. The lowest BCUT2D eigenvalue weighted by atomic mass is 10.1. The fourth-order valence-corrected chi connectivity index (χ4v) is 1.12. The van der Waals surface area contributed by atoms with Gasteiger partial charge in [0.05, 0.1) is 0 Å². The molecule has 0 spiro atoms. The molecule has 0 atom stereocenters. The van der Waals surface area contributed by atoms with E-state index in [0.717, 1.165) is 0 Å². The summed E-state index contributed by atoms with van der Waals surface area (Å²) in [5.74, 6) is -6.26. The second-order valence-corrected chi connectivity index (χ2v) is 2.79. The minimum atomic E-state index is -1.78. The Hall–Kier alpha value is -1.32. The van der Waals surface area contributed by atoms with Crippen LogP contribution in [0.1, 0.15) is 18.1 Å². The highest BCUT2D eigenvalue weighted by molar-refractivity contribution is 5.54. The first-order chi connectivity index (χ1) is 6.50. The monoisotopic (exact) mass is 204 g/mol. The predicted octanol–water partition coefficient (Wildman–Crippen LogP) is 3.58. The summed E-state index contributed by atoms with van der Waals surface area (Å²) in [6.45, 7) is 2.76. The van der Waals surface area contributed by atoms with Gasteiger partial charge in [-0.25, -0.2) is 17.6 Å². The SMILES string of the molecule is C/C=C\c1c(C)c(F)c(F)c(F)c1F. The third-order valence-electron chi connectivity index (χ3n) is 1.88. The molecule has 0 bridgehead atoms. The molecule has 0 unspecified atom stereocenters. The van der Waals surface area contributed by atoms with Crippen LogP contribution in [0, 0.1) is 30.2 Å². The van der Waals surface area contributed by atoms with Crippen LogP contribution in [0.4, 0.5) is 17.6 Å². The lowest BCUT2D eigenvalue weighted by molar-refractivity contribution is 0.405. The molecule has 1 aromatic rings. The zero-order valence-corrected chi connectivity index (χ0v) is 7.67. The minimum Gasteiger partial charge on any atom is -0.203 e. The van der Waals surface area contributed by atoms with E-state index in [-0.39, 0.29) is 11.1 Å². The molecule has 0 fully saturated rings. The molecule has 0 aliphatic heterocycles. The van der Waals surface area contributed by atoms with Crippen LogP contribution in [0.3, 0.4) is 0 Å². The van der Waals surface area contributed by atoms with Gasteiger partial charge in [0.15, 0.2) is 23.3 Å². The van der Waals surface area contributed by atoms with Crippen LogP contribution in [0.5, 0.6) is 0 Å². The number of rotatable bonds is 1. The van der Waals surface area contributed by atoms with Crippen LogP contribution in [-0.4, -0.2) is 0 Å². The van der Waals surface area contributed by atoms with E-state index in [2.05, 4.69) is 0 Å². The summed E-state index contributed by atoms with van der Waals surface area (Å²) in [5, 5.41) is 0. The Labute approximate surface area is 78.9 Å². The van der Waals surface area contributed by atoms with Crippen molar-refractivity contribution in [2.45, 2.75) is 13.8 Å². The summed E-state index contributed by atoms with van der Waals surface area (Å²) in [5.41, 5.74) is -0.497. The van der Waals surface area contributed by atoms with Crippen molar-refractivity contribution in [2.75, 3.05) is 0 Å². The smallest absolute Gasteiger partial charge is 0.198 e. The number of halogens is 4. The van der Waals surface area contributed by atoms with E-state index in [1.165, 1.54) is 19.1 Å². The fraction of sp³-hybridized carbons (Fsp3) is 0.200. The molecule has 14 heavy (non-hydrogen) atoms. The fourth-order valence-electron chi connectivity index (χ4n) is 1.12. The Kier molecular flexibility index (Phi) is 2.93. The first-order valence-corrected chi connectivity index (χ1v) is 3.96. The molecule has 4 heteroatoms. The maximum atomic E-state index is 13.1. The quantitative estimate of drug-likeness (QED) is 0.372. The third kappa shape index (κ3) is 1.52. The molecule has 0 radical (unpaired) electrons. The van der Waals surface area contributed by atoms with Gasteiger partial charge in [-0.15, -0.1) is 0 Å². The van der Waals surface area contributed by atoms with Gasteiger partial charge in [0.25, 0.3) is 0 Å². The first kappa shape index (κ1) is 10.8. The molecule has 76 valence electrons. The molecule has 0 saturated heterocycles. The van der Waals surface area contributed by atoms with Gasteiger partial charge in [-0.05, 0) is 19.4 Å². The average molecular weight is 204 g/mol. The first-order valence-electron chi connectivity index (χ1n) is 3.96. The van der Waals surface area contributed by atoms with Crippen LogP contribution >= 0.6 is 0 Å². The average Bonchev–Trinajstić information content (AvgIpc) is 2.19. The van der Waals surface area contributed by atoms with E-state index < -0.39 is 23.3 Å². The second kappa shape index (κ2) is 3.82. The topological polar surface area (TPSA) is 0 Å². The largest absolute Gasteiger partial charge is 0.203 e. The predicted molar refractivity (Wildman–Crippen MR) is 45.7 cm³/mol. The molecule has 0 saturated carbocycles. The van der Waals surface area contributed by atoms with Crippen molar-refractivity contribution in [1.29, 1.82) is 0 Å². The van der Waals surface area contributed by atoms with Crippen LogP contribution in [0.15, 0.2) is 6.08 Å². The van der Waals surface area contributed by atoms with E-state index in [0.29, 0.717) is 0 Å². The van der Waals surface area contributed by atoms with Crippen molar-refractivity contribution in [2.24, 2.45) is 0 Å². The molecule has 0 heterocycles. The summed E-state index contributed by atoms with van der Waals surface area (Å²) in [4.78, 5) is 0. The third-order valence-corrected chi connectivity index (χ3v) is 1.88. The Morgan fingerprint density at radius 1 is 0.857 bits per heavy atom. The molecule has 0 aromatic heterocycles. The van der Waals surface area contributed by atoms with Gasteiger partial charge in [-0.2, -0.15) is 0 Å². The zero-order chi connectivity index (χ0) is 10.9. The molecule has 0 N–H and O–H groups in total. The summed E-state index contributed by atoms with van der Waals surface area (Å²) >= 11 is 0. The molecule has 0 nitrogen and oxygen atoms in total. The number of benzene rings is 1. The highest BCUT2D eigenvalue weighted by Gasteiger charge is 2.21. The maximum Gasteiger partial charge on any atom is 0.198 e. The van der Waals surface area contributed by atoms with Gasteiger partial charge in [0.2, 0.25) is 0 Å². The summed E-state index contributed by atoms with van der Waals surface area (Å²) in [7, 11) is 0. The van der Waals surface area contributed by atoms with E-state index >= 15 is 0 Å². The van der Waals surface area contributed by atoms with Gasteiger partial charge >= 0.3 is 0 Å². The van der Waals surface area contributed by atoms with Gasteiger partial charge in [0.1, 0.15) is 0 Å². The maximum absolute atomic E-state index is 13.1. The molecular weight excluding hydrogens is 196 g/mol. The lowest BCUT2D eigenvalue weighted by Gasteiger charge is -2.06. The standard InChI is InChI=1S/C10H8F4/c1-3-4-6-5(2)7(11)9(13)10(14)8(6)12/h3-4H,1-2H3/b4-3-. The summed E-state index contributed by atoms with van der Waals surface area (Å²) < 4.78 is 51.4. The summed E-state index contributed by atoms with van der Waals surface area (Å²) in [6.07, 6.45) is 2.61. The van der Waals surface area contributed by atoms with Crippen LogP contribution < -0.4 is 0 Å². The van der Waals surface area contributed by atoms with Crippen molar-refractivity contribution in [3.05, 3.63) is 40.5 Å². The van der Waals surface area contributed by atoms with Crippen molar-refractivity contribution >= 4 is 6.08 Å². The number of hydrogen-bond acceptors (Lipinski definition) is 0. The zero-order valence-electron chi connectivity index (χ0n) is 7.67. The lowest BCUT2D eigenvalue weighted by Crippen LogP contribution is -2.02. The van der Waals surface area contributed by atoms with Gasteiger partial charge < -0.3 is 0 Å². The molecular formula is C10H8F4. The van der Waals surface area contributed by atoms with Gasteiger partial charge in [-0.3, -0.25) is 0 Å². The molecule has 0 aliphatic rings. The van der Waals surface area contributed by atoms with Crippen LogP contribution in [0.25, 0.3) is 6.08 Å². The number of hydrogen-bond donors (Lipinski definition) is 0. The Morgan fingerprint density at radius 3 is 1.86 bits per heavy atom. The van der Waals surface area contributed by atoms with E-state index in [9.17, 15) is 17.6 Å². The summed E-state index contributed by atoms with van der Waals surface area (Å²) in [6, 6.07) is 0. The highest BCUT2D eigenvalue weighted by Crippen LogP contribution is 2.24. The second-order valence-electron chi connectivity index (χ2n) is 2.79. The van der Waals surface area contributed by atoms with Crippen LogP contribution in [-0.2, 0) is 0 Å². The van der Waals surface area contributed by atoms with E-state index in [1.54, 1.807) is 6.92 Å². The number of allylic oxidation sites excluding steroid dienone is 1. The van der Waals surface area contributed by atoms with Crippen molar-refractivity contribution in [3.63, 3.8) is 0 Å². The van der Waals surface area contributed by atoms with E-state index in [1.807, 2.05) is 0 Å². The van der Waals surface area contributed by atoms with Crippen molar-refractivity contribution in [1.82, 2.24) is 0 Å². The normalized spacial score (nSPS) is 11.3. The van der Waals surface area contributed by atoms with Crippen molar-refractivity contribution < 1.29 is 17.6 Å². The molecule has 1 aromatic carbocycles. The molecule has 0 amide bonds. The van der Waals surface area contributed by atoms with Gasteiger partial charge in [-0.1, -0.05) is 12.2 Å². The Morgan fingerprint density at radius 2 is 1.36 bits per heavy atom. The van der Waals surface area contributed by atoms with E-state index in [4.69, 9.17) is 0 Å². The Balaban J connectivity index is 3.59. The highest BCUT2D eigenvalue weighted by atomic mass is 19.2. The van der Waals surface area contributed by atoms with Crippen LogP contribution in [0.2, 0.25) is 0 Å². The van der Waals surface area contributed by atoms with Crippen molar-refractivity contribution in [3.8, 4) is 0 Å². The van der Waals surface area contributed by atoms with Gasteiger partial charge in [0, 0.05) is 5.56 Å².